The maximum Gasteiger partial charge on any atom is 0.271 e. The summed E-state index contributed by atoms with van der Waals surface area (Å²) in [5.74, 6) is 0.566. The molecule has 1 saturated carbocycles. The SMILES string of the molecule is CCCNc1ccc(C(=O)NCC2(SC)CC2)nn1. The van der Waals surface area contributed by atoms with E-state index in [1.165, 1.54) is 12.8 Å². The molecule has 1 aliphatic carbocycles. The maximum absolute atomic E-state index is 11.9. The standard InChI is InChI=1S/C13H20N4OS/c1-3-8-14-11-5-4-10(16-17-11)12(18)15-9-13(19-2)6-7-13/h4-5H,3,6-9H2,1-2H3,(H,14,17)(H,15,18). The number of carbonyl (C=O) groups is 1. The largest absolute Gasteiger partial charge is 0.369 e. The van der Waals surface area contributed by atoms with Crippen LogP contribution in [-0.4, -0.2) is 40.2 Å². The number of hydrogen-bond donors (Lipinski definition) is 2. The zero-order valence-electron chi connectivity index (χ0n) is 11.4. The minimum absolute atomic E-state index is 0.144. The van der Waals surface area contributed by atoms with Crippen molar-refractivity contribution in [1.29, 1.82) is 0 Å². The van der Waals surface area contributed by atoms with E-state index in [2.05, 4.69) is 34.0 Å². The first-order valence-corrected chi connectivity index (χ1v) is 7.82. The zero-order chi connectivity index (χ0) is 13.7. The van der Waals surface area contributed by atoms with Crippen molar-refractivity contribution < 1.29 is 4.79 Å². The van der Waals surface area contributed by atoms with Crippen LogP contribution in [0, 0.1) is 0 Å². The van der Waals surface area contributed by atoms with E-state index in [1.54, 1.807) is 12.1 Å². The van der Waals surface area contributed by atoms with Gasteiger partial charge in [-0.1, -0.05) is 6.92 Å². The number of nitrogens with zero attached hydrogens (tertiary/aromatic N) is 2. The summed E-state index contributed by atoms with van der Waals surface area (Å²) >= 11 is 1.83. The number of nitrogens with one attached hydrogen (secondary N) is 2. The molecule has 0 aliphatic heterocycles. The molecule has 0 radical (unpaired) electrons. The summed E-state index contributed by atoms with van der Waals surface area (Å²) in [7, 11) is 0. The highest BCUT2D eigenvalue weighted by atomic mass is 32.2. The van der Waals surface area contributed by atoms with Gasteiger partial charge in [-0.25, -0.2) is 0 Å². The second-order valence-electron chi connectivity index (χ2n) is 4.80. The van der Waals surface area contributed by atoms with E-state index in [1.807, 2.05) is 11.8 Å². The van der Waals surface area contributed by atoms with Gasteiger partial charge in [0.1, 0.15) is 5.82 Å². The lowest BCUT2D eigenvalue weighted by atomic mass is 10.3. The molecule has 1 aromatic heterocycles. The Hall–Kier alpha value is -1.30. The third-order valence-electron chi connectivity index (χ3n) is 3.27. The Bertz CT molecular complexity index is 431. The molecule has 0 saturated heterocycles. The van der Waals surface area contributed by atoms with Crippen molar-refractivity contribution in [1.82, 2.24) is 15.5 Å². The average Bonchev–Trinajstić information content (AvgIpc) is 3.24. The molecule has 19 heavy (non-hydrogen) atoms. The summed E-state index contributed by atoms with van der Waals surface area (Å²) in [6.07, 6.45) is 5.48. The highest BCUT2D eigenvalue weighted by molar-refractivity contribution is 8.00. The third kappa shape index (κ3) is 3.83. The minimum Gasteiger partial charge on any atom is -0.369 e. The molecule has 2 rings (SSSR count). The Labute approximate surface area is 118 Å². The molecule has 0 unspecified atom stereocenters. The van der Waals surface area contributed by atoms with Gasteiger partial charge < -0.3 is 10.6 Å². The van der Waals surface area contributed by atoms with Gasteiger partial charge in [0.05, 0.1) is 0 Å². The lowest BCUT2D eigenvalue weighted by Gasteiger charge is -2.12. The lowest BCUT2D eigenvalue weighted by Crippen LogP contribution is -2.32. The number of amides is 1. The lowest BCUT2D eigenvalue weighted by molar-refractivity contribution is 0.0947. The molecule has 0 aromatic carbocycles. The van der Waals surface area contributed by atoms with Gasteiger partial charge in [0.2, 0.25) is 0 Å². The quantitative estimate of drug-likeness (QED) is 0.799. The van der Waals surface area contributed by atoms with E-state index in [9.17, 15) is 4.79 Å². The van der Waals surface area contributed by atoms with E-state index in [-0.39, 0.29) is 10.7 Å². The fraction of sp³-hybridized carbons (Fsp3) is 0.615. The van der Waals surface area contributed by atoms with Crippen LogP contribution in [0.25, 0.3) is 0 Å². The van der Waals surface area contributed by atoms with Crippen molar-refractivity contribution in [3.05, 3.63) is 17.8 Å². The van der Waals surface area contributed by atoms with Crippen molar-refractivity contribution >= 4 is 23.5 Å². The van der Waals surface area contributed by atoms with E-state index < -0.39 is 0 Å². The highest BCUT2D eigenvalue weighted by Gasteiger charge is 2.42. The number of anilines is 1. The first-order valence-electron chi connectivity index (χ1n) is 6.60. The predicted molar refractivity (Wildman–Crippen MR) is 78.6 cm³/mol. The minimum atomic E-state index is -0.144. The highest BCUT2D eigenvalue weighted by Crippen LogP contribution is 2.46. The van der Waals surface area contributed by atoms with Gasteiger partial charge >= 0.3 is 0 Å². The number of carbonyl (C=O) groups excluding carboxylic acids is 1. The Balaban J connectivity index is 1.85. The summed E-state index contributed by atoms with van der Waals surface area (Å²) in [4.78, 5) is 11.9. The Morgan fingerprint density at radius 2 is 2.21 bits per heavy atom. The van der Waals surface area contributed by atoms with Gasteiger partial charge in [0.15, 0.2) is 5.69 Å². The molecule has 1 heterocycles. The van der Waals surface area contributed by atoms with Crippen LogP contribution in [0.4, 0.5) is 5.82 Å². The summed E-state index contributed by atoms with van der Waals surface area (Å²) in [6, 6.07) is 3.50. The molecular weight excluding hydrogens is 260 g/mol. The fourth-order valence-corrected chi connectivity index (χ4v) is 2.45. The number of aromatic nitrogens is 2. The van der Waals surface area contributed by atoms with Gasteiger partial charge in [-0.2, -0.15) is 11.8 Å². The van der Waals surface area contributed by atoms with Crippen molar-refractivity contribution in [3.63, 3.8) is 0 Å². The van der Waals surface area contributed by atoms with E-state index >= 15 is 0 Å². The van der Waals surface area contributed by atoms with E-state index in [0.717, 1.165) is 13.0 Å². The van der Waals surface area contributed by atoms with Crippen LogP contribution in [0.1, 0.15) is 36.7 Å². The van der Waals surface area contributed by atoms with Crippen LogP contribution in [-0.2, 0) is 0 Å². The van der Waals surface area contributed by atoms with Crippen LogP contribution < -0.4 is 10.6 Å². The monoisotopic (exact) mass is 280 g/mol. The smallest absolute Gasteiger partial charge is 0.271 e. The maximum atomic E-state index is 11.9. The van der Waals surface area contributed by atoms with Gasteiger partial charge in [0.25, 0.3) is 5.91 Å². The van der Waals surface area contributed by atoms with Crippen molar-refractivity contribution in [3.8, 4) is 0 Å². The summed E-state index contributed by atoms with van der Waals surface area (Å²) in [6.45, 7) is 3.66. The van der Waals surface area contributed by atoms with Crippen LogP contribution in [0.2, 0.25) is 0 Å². The first kappa shape index (κ1) is 14.1. The number of hydrogen-bond acceptors (Lipinski definition) is 5. The van der Waals surface area contributed by atoms with Crippen molar-refractivity contribution in [2.45, 2.75) is 30.9 Å². The average molecular weight is 280 g/mol. The van der Waals surface area contributed by atoms with Crippen LogP contribution in [0.5, 0.6) is 0 Å². The summed E-state index contributed by atoms with van der Waals surface area (Å²) < 4.78 is 0.270. The molecular formula is C13H20N4OS. The molecule has 0 bridgehead atoms. The first-order chi connectivity index (χ1) is 9.19. The van der Waals surface area contributed by atoms with Crippen LogP contribution in [0.15, 0.2) is 12.1 Å². The number of thioether (sulfide) groups is 1. The normalized spacial score (nSPS) is 15.9. The van der Waals surface area contributed by atoms with Gasteiger partial charge in [-0.15, -0.1) is 10.2 Å². The molecule has 0 atom stereocenters. The molecule has 5 nitrogen and oxygen atoms in total. The molecule has 1 aliphatic rings. The predicted octanol–water partition coefficient (Wildman–Crippen LogP) is 1.92. The molecule has 1 amide bonds. The third-order valence-corrected chi connectivity index (χ3v) is 4.68. The Morgan fingerprint density at radius 3 is 2.74 bits per heavy atom. The fourth-order valence-electron chi connectivity index (χ4n) is 1.73. The number of rotatable bonds is 7. The zero-order valence-corrected chi connectivity index (χ0v) is 12.2. The second kappa shape index (κ2) is 6.23. The van der Waals surface area contributed by atoms with Gasteiger partial charge in [-0.05, 0) is 37.7 Å². The van der Waals surface area contributed by atoms with E-state index in [4.69, 9.17) is 0 Å². The van der Waals surface area contributed by atoms with E-state index in [0.29, 0.717) is 18.1 Å². The van der Waals surface area contributed by atoms with Crippen molar-refractivity contribution in [2.75, 3.05) is 24.7 Å². The molecule has 6 heteroatoms. The molecule has 1 fully saturated rings. The summed E-state index contributed by atoms with van der Waals surface area (Å²) in [5, 5.41) is 14.0. The topological polar surface area (TPSA) is 66.9 Å². The van der Waals surface area contributed by atoms with Crippen LogP contribution >= 0.6 is 11.8 Å². The second-order valence-corrected chi connectivity index (χ2v) is 6.07. The van der Waals surface area contributed by atoms with Gasteiger partial charge in [-0.3, -0.25) is 4.79 Å². The van der Waals surface area contributed by atoms with Crippen LogP contribution in [0.3, 0.4) is 0 Å². The molecule has 0 spiro atoms. The Morgan fingerprint density at radius 1 is 1.42 bits per heavy atom. The molecule has 1 aromatic rings. The Kier molecular flexibility index (Phi) is 4.63. The summed E-state index contributed by atoms with van der Waals surface area (Å²) in [5.41, 5.74) is 0.374. The molecule has 104 valence electrons. The van der Waals surface area contributed by atoms with Crippen molar-refractivity contribution in [2.24, 2.45) is 0 Å². The van der Waals surface area contributed by atoms with Gasteiger partial charge in [0, 0.05) is 17.8 Å². The molecule has 2 N–H and O–H groups in total.